The Kier molecular flexibility index (Phi) is 6.68. The fourth-order valence-corrected chi connectivity index (χ4v) is 1.91. The van der Waals surface area contributed by atoms with Crippen molar-refractivity contribution in [3.05, 3.63) is 29.3 Å². The van der Waals surface area contributed by atoms with Crippen LogP contribution in [0.3, 0.4) is 0 Å². The van der Waals surface area contributed by atoms with Gasteiger partial charge in [-0.25, -0.2) is 0 Å². The molecule has 0 bridgehead atoms. The largest absolute Gasteiger partial charge is 0.494 e. The zero-order valence-corrected chi connectivity index (χ0v) is 12.5. The second kappa shape index (κ2) is 8.26. The molecule has 1 aromatic carbocycles. The highest BCUT2D eigenvalue weighted by Crippen LogP contribution is 2.16. The number of carbonyl (C=O) groups is 2. The lowest BCUT2D eigenvalue weighted by atomic mass is 10.1. The molecule has 0 fully saturated rings. The number of carboxylic acids is 1. The minimum atomic E-state index is -0.980. The van der Waals surface area contributed by atoms with E-state index < -0.39 is 11.9 Å². The first-order valence-electron chi connectivity index (χ1n) is 6.81. The number of hydrogen-bond acceptors (Lipinski definition) is 4. The van der Waals surface area contributed by atoms with Crippen LogP contribution in [0.2, 0.25) is 0 Å². The summed E-state index contributed by atoms with van der Waals surface area (Å²) in [6, 6.07) is 5.86. The van der Waals surface area contributed by atoms with E-state index in [9.17, 15) is 9.59 Å². The van der Waals surface area contributed by atoms with Crippen LogP contribution in [-0.2, 0) is 9.59 Å². The molecule has 0 atom stereocenters. The predicted octanol–water partition coefficient (Wildman–Crippen LogP) is 0.944. The number of primary amides is 1. The number of nitrogens with zero attached hydrogens (tertiary/aromatic N) is 1. The summed E-state index contributed by atoms with van der Waals surface area (Å²) in [7, 11) is 0. The Hall–Kier alpha value is -2.08. The highest BCUT2D eigenvalue weighted by molar-refractivity contribution is 5.77. The second-order valence-electron chi connectivity index (χ2n) is 5.02. The molecule has 0 saturated heterocycles. The highest BCUT2D eigenvalue weighted by Gasteiger charge is 2.11. The van der Waals surface area contributed by atoms with Crippen LogP contribution in [0.15, 0.2) is 18.2 Å². The van der Waals surface area contributed by atoms with E-state index >= 15 is 0 Å². The van der Waals surface area contributed by atoms with Crippen LogP contribution in [0.5, 0.6) is 5.75 Å². The van der Waals surface area contributed by atoms with Crippen molar-refractivity contribution in [1.82, 2.24) is 4.90 Å². The zero-order chi connectivity index (χ0) is 15.8. The second-order valence-corrected chi connectivity index (χ2v) is 5.02. The van der Waals surface area contributed by atoms with Gasteiger partial charge in [-0.3, -0.25) is 14.5 Å². The van der Waals surface area contributed by atoms with Gasteiger partial charge in [-0.15, -0.1) is 0 Å². The van der Waals surface area contributed by atoms with Crippen LogP contribution in [0.4, 0.5) is 0 Å². The third-order valence-corrected chi connectivity index (χ3v) is 3.10. The molecule has 1 amide bonds. The van der Waals surface area contributed by atoms with E-state index in [1.165, 1.54) is 10.5 Å². The first-order valence-corrected chi connectivity index (χ1v) is 6.81. The molecule has 1 rings (SSSR count). The van der Waals surface area contributed by atoms with Gasteiger partial charge >= 0.3 is 5.97 Å². The Morgan fingerprint density at radius 2 is 1.95 bits per heavy atom. The van der Waals surface area contributed by atoms with E-state index in [-0.39, 0.29) is 13.1 Å². The lowest BCUT2D eigenvalue weighted by Crippen LogP contribution is -2.38. The van der Waals surface area contributed by atoms with E-state index in [1.54, 1.807) is 0 Å². The SMILES string of the molecule is Cc1ccc(OCCCN(CC(N)=O)CC(=O)O)cc1C. The number of rotatable bonds is 9. The summed E-state index contributed by atoms with van der Waals surface area (Å²) >= 11 is 0. The summed E-state index contributed by atoms with van der Waals surface area (Å²) in [6.45, 7) is 4.69. The maximum Gasteiger partial charge on any atom is 0.317 e. The van der Waals surface area contributed by atoms with Crippen LogP contribution >= 0.6 is 0 Å². The van der Waals surface area contributed by atoms with Crippen molar-refractivity contribution < 1.29 is 19.4 Å². The van der Waals surface area contributed by atoms with Crippen LogP contribution < -0.4 is 10.5 Å². The zero-order valence-electron chi connectivity index (χ0n) is 12.5. The monoisotopic (exact) mass is 294 g/mol. The molecule has 21 heavy (non-hydrogen) atoms. The molecule has 0 aromatic heterocycles. The maximum absolute atomic E-state index is 10.9. The molecule has 6 nitrogen and oxygen atoms in total. The molecular formula is C15H22N2O4. The molecule has 0 aliphatic heterocycles. The summed E-state index contributed by atoms with van der Waals surface area (Å²) in [4.78, 5) is 23.1. The van der Waals surface area contributed by atoms with Crippen LogP contribution in [-0.4, -0.2) is 48.1 Å². The molecular weight excluding hydrogens is 272 g/mol. The highest BCUT2D eigenvalue weighted by atomic mass is 16.5. The topological polar surface area (TPSA) is 92.9 Å². The number of carboxylic acid groups (broad SMARTS) is 1. The smallest absolute Gasteiger partial charge is 0.317 e. The quantitative estimate of drug-likeness (QED) is 0.661. The summed E-state index contributed by atoms with van der Waals surface area (Å²) in [5, 5.41) is 8.76. The summed E-state index contributed by atoms with van der Waals surface area (Å²) in [5.74, 6) is -0.726. The number of carbonyl (C=O) groups excluding carboxylic acids is 1. The van der Waals surface area contributed by atoms with E-state index in [1.807, 2.05) is 32.0 Å². The number of benzene rings is 1. The van der Waals surface area contributed by atoms with E-state index in [4.69, 9.17) is 15.6 Å². The van der Waals surface area contributed by atoms with Gasteiger partial charge in [0.25, 0.3) is 0 Å². The fraction of sp³-hybridized carbons (Fsp3) is 0.467. The van der Waals surface area contributed by atoms with Crippen molar-refractivity contribution in [1.29, 1.82) is 0 Å². The van der Waals surface area contributed by atoms with E-state index in [0.29, 0.717) is 19.6 Å². The molecule has 0 radical (unpaired) electrons. The molecule has 1 aromatic rings. The number of aliphatic carboxylic acids is 1. The van der Waals surface area contributed by atoms with Crippen molar-refractivity contribution in [2.45, 2.75) is 20.3 Å². The summed E-state index contributed by atoms with van der Waals surface area (Å²) in [6.07, 6.45) is 0.619. The Morgan fingerprint density at radius 3 is 2.52 bits per heavy atom. The first-order chi connectivity index (χ1) is 9.88. The normalized spacial score (nSPS) is 10.6. The van der Waals surface area contributed by atoms with Crippen molar-refractivity contribution in [3.63, 3.8) is 0 Å². The molecule has 0 unspecified atom stereocenters. The average Bonchev–Trinajstić information content (AvgIpc) is 2.37. The first kappa shape index (κ1) is 17.0. The van der Waals surface area contributed by atoms with Crippen molar-refractivity contribution >= 4 is 11.9 Å². The molecule has 3 N–H and O–H groups in total. The average molecular weight is 294 g/mol. The predicted molar refractivity (Wildman–Crippen MR) is 79.3 cm³/mol. The lowest BCUT2D eigenvalue weighted by Gasteiger charge is -2.18. The lowest BCUT2D eigenvalue weighted by molar-refractivity contribution is -0.138. The Morgan fingerprint density at radius 1 is 1.24 bits per heavy atom. The van der Waals surface area contributed by atoms with Crippen LogP contribution in [0.25, 0.3) is 0 Å². The standard InChI is InChI=1S/C15H22N2O4/c1-11-4-5-13(8-12(11)2)21-7-3-6-17(9-14(16)18)10-15(19)20/h4-5,8H,3,6-7,9-10H2,1-2H3,(H2,16,18)(H,19,20). The van der Waals surface area contributed by atoms with Gasteiger partial charge in [0.05, 0.1) is 19.7 Å². The van der Waals surface area contributed by atoms with Gasteiger partial charge < -0.3 is 15.6 Å². The number of nitrogens with two attached hydrogens (primary N) is 1. The molecule has 0 saturated carbocycles. The van der Waals surface area contributed by atoms with E-state index in [0.717, 1.165) is 11.3 Å². The molecule has 0 spiro atoms. The molecule has 6 heteroatoms. The molecule has 116 valence electrons. The third-order valence-electron chi connectivity index (χ3n) is 3.10. The van der Waals surface area contributed by atoms with Gasteiger partial charge in [-0.2, -0.15) is 0 Å². The van der Waals surface area contributed by atoms with Crippen molar-refractivity contribution in [2.24, 2.45) is 5.73 Å². The Balaban J connectivity index is 2.37. The van der Waals surface area contributed by atoms with Crippen LogP contribution in [0, 0.1) is 13.8 Å². The van der Waals surface area contributed by atoms with Gasteiger partial charge in [0, 0.05) is 6.54 Å². The van der Waals surface area contributed by atoms with Gasteiger partial charge in [0.2, 0.25) is 5.91 Å². The molecule has 0 heterocycles. The van der Waals surface area contributed by atoms with Gasteiger partial charge in [0.1, 0.15) is 5.75 Å². The van der Waals surface area contributed by atoms with E-state index in [2.05, 4.69) is 0 Å². The number of ether oxygens (including phenoxy) is 1. The van der Waals surface area contributed by atoms with Crippen molar-refractivity contribution in [3.8, 4) is 5.75 Å². The Labute approximate surface area is 124 Å². The Bertz CT molecular complexity index is 486. The van der Waals surface area contributed by atoms with Gasteiger partial charge in [-0.1, -0.05) is 6.07 Å². The fourth-order valence-electron chi connectivity index (χ4n) is 1.91. The van der Waals surface area contributed by atoms with Crippen LogP contribution in [0.1, 0.15) is 17.5 Å². The minimum Gasteiger partial charge on any atom is -0.494 e. The molecule has 0 aliphatic rings. The van der Waals surface area contributed by atoms with Gasteiger partial charge in [-0.05, 0) is 43.5 Å². The number of hydrogen-bond donors (Lipinski definition) is 2. The van der Waals surface area contributed by atoms with Gasteiger partial charge in [0.15, 0.2) is 0 Å². The number of aryl methyl sites for hydroxylation is 2. The third kappa shape index (κ3) is 6.76. The maximum atomic E-state index is 10.9. The number of amides is 1. The summed E-state index contributed by atoms with van der Waals surface area (Å²) < 4.78 is 5.61. The van der Waals surface area contributed by atoms with Crippen molar-refractivity contribution in [2.75, 3.05) is 26.2 Å². The summed E-state index contributed by atoms with van der Waals surface area (Å²) in [5.41, 5.74) is 7.46. The minimum absolute atomic E-state index is 0.0596. The molecule has 0 aliphatic carbocycles.